The van der Waals surface area contributed by atoms with Gasteiger partial charge in [0.2, 0.25) is 0 Å². The van der Waals surface area contributed by atoms with Crippen LogP contribution in [0.2, 0.25) is 0 Å². The van der Waals surface area contributed by atoms with E-state index in [0.717, 1.165) is 0 Å². The van der Waals surface area contributed by atoms with E-state index in [4.69, 9.17) is 0 Å². The molecule has 1 N–H and O–H groups in total. The van der Waals surface area contributed by atoms with Crippen LogP contribution < -0.4 is 5.32 Å². The van der Waals surface area contributed by atoms with Crippen LogP contribution in [0.4, 0.5) is 11.4 Å². The number of hydrogen-bond acceptors (Lipinski definition) is 4. The fraction of sp³-hybridized carbons (Fsp3) is 0. The van der Waals surface area contributed by atoms with Gasteiger partial charge in [-0.25, -0.2) is 0 Å². The topological polar surface area (TPSA) is 85.1 Å². The lowest BCUT2D eigenvalue weighted by Gasteiger charge is -2.06. The number of nitrogens with zero attached hydrogens (tertiary/aromatic N) is 2. The Kier molecular flexibility index (Phi) is 3.86. The van der Waals surface area contributed by atoms with E-state index in [1.54, 1.807) is 12.1 Å². The minimum Gasteiger partial charge on any atom is -0.321 e. The van der Waals surface area contributed by atoms with E-state index >= 15 is 0 Å². The predicted octanol–water partition coefficient (Wildman–Crippen LogP) is 3.00. The van der Waals surface area contributed by atoms with Gasteiger partial charge in [0.25, 0.3) is 11.6 Å². The maximum absolute atomic E-state index is 12.0. The summed E-state index contributed by atoms with van der Waals surface area (Å²) in [5, 5.41) is 13.4. The van der Waals surface area contributed by atoms with Gasteiger partial charge in [-0.3, -0.25) is 19.9 Å². The van der Waals surface area contributed by atoms with Gasteiger partial charge in [0, 0.05) is 18.5 Å². The molecule has 0 aliphatic rings. The number of nitro benzene ring substituents is 1. The van der Waals surface area contributed by atoms with E-state index in [2.05, 4.69) is 26.2 Å². The summed E-state index contributed by atoms with van der Waals surface area (Å²) in [6.07, 6.45) is 3.04. The zero-order valence-electron chi connectivity index (χ0n) is 9.54. The van der Waals surface area contributed by atoms with Crippen molar-refractivity contribution in [1.29, 1.82) is 0 Å². The van der Waals surface area contributed by atoms with E-state index in [9.17, 15) is 14.9 Å². The number of aromatic nitrogens is 1. The maximum atomic E-state index is 12.0. The summed E-state index contributed by atoms with van der Waals surface area (Å²) in [5.74, 6) is -0.542. The summed E-state index contributed by atoms with van der Waals surface area (Å²) in [6, 6.07) is 7.37. The van der Waals surface area contributed by atoms with Gasteiger partial charge in [0.1, 0.15) is 5.56 Å². The van der Waals surface area contributed by atoms with Crippen LogP contribution in [0.1, 0.15) is 10.4 Å². The molecule has 0 fully saturated rings. The third kappa shape index (κ3) is 2.94. The van der Waals surface area contributed by atoms with Crippen LogP contribution in [0, 0.1) is 10.1 Å². The number of nitrogens with one attached hydrogen (secondary N) is 1. The number of carbonyl (C=O) groups excluding carboxylic acids is 1. The number of nitro groups is 1. The van der Waals surface area contributed by atoms with Crippen molar-refractivity contribution >= 4 is 33.2 Å². The molecule has 1 aromatic carbocycles. The second-order valence-electron chi connectivity index (χ2n) is 3.58. The Morgan fingerprint density at radius 1 is 1.32 bits per heavy atom. The van der Waals surface area contributed by atoms with Crippen molar-refractivity contribution in [2.75, 3.05) is 5.32 Å². The van der Waals surface area contributed by atoms with E-state index in [1.165, 1.54) is 30.6 Å². The minimum absolute atomic E-state index is 0.0104. The summed E-state index contributed by atoms with van der Waals surface area (Å²) in [7, 11) is 0. The minimum atomic E-state index is -0.587. The van der Waals surface area contributed by atoms with Crippen LogP contribution >= 0.6 is 15.9 Å². The molecule has 6 nitrogen and oxygen atoms in total. The fourth-order valence-corrected chi connectivity index (χ4v) is 1.84. The van der Waals surface area contributed by atoms with Crippen molar-refractivity contribution in [3.63, 3.8) is 0 Å². The number of benzene rings is 1. The fourth-order valence-electron chi connectivity index (χ4n) is 1.49. The van der Waals surface area contributed by atoms with Gasteiger partial charge < -0.3 is 5.32 Å². The summed E-state index contributed by atoms with van der Waals surface area (Å²) in [4.78, 5) is 26.2. The van der Waals surface area contributed by atoms with Gasteiger partial charge in [-0.05, 0) is 28.1 Å². The van der Waals surface area contributed by atoms with Crippen LogP contribution in [0.25, 0.3) is 0 Å². The first-order valence-corrected chi connectivity index (χ1v) is 6.03. The molecule has 96 valence electrons. The second-order valence-corrected chi connectivity index (χ2v) is 4.44. The average molecular weight is 322 g/mol. The molecule has 2 rings (SSSR count). The third-order valence-corrected chi connectivity index (χ3v) is 3.00. The SMILES string of the molecule is O=C(Nc1ccncc1Br)c1ccccc1[N+](=O)[O-]. The summed E-state index contributed by atoms with van der Waals surface area (Å²) >= 11 is 3.23. The van der Waals surface area contributed by atoms with E-state index in [1.807, 2.05) is 0 Å². The van der Waals surface area contributed by atoms with Crippen LogP contribution in [0.15, 0.2) is 47.2 Å². The Labute approximate surface area is 116 Å². The highest BCUT2D eigenvalue weighted by Gasteiger charge is 2.19. The smallest absolute Gasteiger partial charge is 0.282 e. The Hall–Kier alpha value is -2.28. The van der Waals surface area contributed by atoms with Crippen LogP contribution in [-0.4, -0.2) is 15.8 Å². The van der Waals surface area contributed by atoms with Gasteiger partial charge in [-0.15, -0.1) is 0 Å². The molecule has 0 spiro atoms. The summed E-state index contributed by atoms with van der Waals surface area (Å²) in [6.45, 7) is 0. The molecule has 0 bridgehead atoms. The standard InChI is InChI=1S/C12H8BrN3O3/c13-9-7-14-6-5-10(9)15-12(17)8-3-1-2-4-11(8)16(18)19/h1-7H,(H,14,15,17). The van der Waals surface area contributed by atoms with E-state index in [-0.39, 0.29) is 11.3 Å². The summed E-state index contributed by atoms with van der Waals surface area (Å²) < 4.78 is 0.599. The molecule has 0 radical (unpaired) electrons. The Balaban J connectivity index is 2.31. The van der Waals surface area contributed by atoms with Crippen molar-refractivity contribution in [1.82, 2.24) is 4.98 Å². The monoisotopic (exact) mass is 321 g/mol. The molecule has 7 heteroatoms. The molecule has 1 aromatic heterocycles. The maximum Gasteiger partial charge on any atom is 0.282 e. The van der Waals surface area contributed by atoms with Gasteiger partial charge in [0.15, 0.2) is 0 Å². The van der Waals surface area contributed by atoms with Gasteiger partial charge >= 0.3 is 0 Å². The summed E-state index contributed by atoms with van der Waals surface area (Å²) in [5.41, 5.74) is 0.277. The highest BCUT2D eigenvalue weighted by molar-refractivity contribution is 9.10. The first kappa shape index (κ1) is 13.2. The number of carbonyl (C=O) groups is 1. The predicted molar refractivity (Wildman–Crippen MR) is 73.0 cm³/mol. The number of rotatable bonds is 3. The largest absolute Gasteiger partial charge is 0.321 e. The molecular weight excluding hydrogens is 314 g/mol. The lowest BCUT2D eigenvalue weighted by atomic mass is 10.1. The Bertz CT molecular complexity index is 646. The van der Waals surface area contributed by atoms with Crippen molar-refractivity contribution in [2.24, 2.45) is 0 Å². The normalized spacial score (nSPS) is 9.95. The molecule has 0 saturated heterocycles. The molecule has 0 aliphatic carbocycles. The zero-order valence-corrected chi connectivity index (χ0v) is 11.1. The van der Waals surface area contributed by atoms with Crippen molar-refractivity contribution < 1.29 is 9.72 Å². The molecule has 0 saturated carbocycles. The van der Waals surface area contributed by atoms with E-state index < -0.39 is 10.8 Å². The molecule has 2 aromatic rings. The Morgan fingerprint density at radius 2 is 2.05 bits per heavy atom. The molecular formula is C12H8BrN3O3. The third-order valence-electron chi connectivity index (χ3n) is 2.37. The highest BCUT2D eigenvalue weighted by atomic mass is 79.9. The average Bonchev–Trinajstić information content (AvgIpc) is 2.41. The molecule has 0 unspecified atom stereocenters. The molecule has 19 heavy (non-hydrogen) atoms. The van der Waals surface area contributed by atoms with Crippen LogP contribution in [-0.2, 0) is 0 Å². The van der Waals surface area contributed by atoms with E-state index in [0.29, 0.717) is 10.2 Å². The van der Waals surface area contributed by atoms with Gasteiger partial charge in [-0.2, -0.15) is 0 Å². The number of hydrogen-bond donors (Lipinski definition) is 1. The molecule has 1 heterocycles. The number of amides is 1. The van der Waals surface area contributed by atoms with Crippen LogP contribution in [0.5, 0.6) is 0 Å². The lowest BCUT2D eigenvalue weighted by Crippen LogP contribution is -2.14. The number of pyridine rings is 1. The van der Waals surface area contributed by atoms with Gasteiger partial charge in [0.05, 0.1) is 15.1 Å². The first-order valence-electron chi connectivity index (χ1n) is 5.24. The lowest BCUT2D eigenvalue weighted by molar-refractivity contribution is -0.385. The second kappa shape index (κ2) is 5.57. The van der Waals surface area contributed by atoms with Crippen LogP contribution in [0.3, 0.4) is 0 Å². The van der Waals surface area contributed by atoms with Crippen molar-refractivity contribution in [3.05, 3.63) is 62.9 Å². The quantitative estimate of drug-likeness (QED) is 0.695. The molecule has 0 atom stereocenters. The van der Waals surface area contributed by atoms with Gasteiger partial charge in [-0.1, -0.05) is 12.1 Å². The van der Waals surface area contributed by atoms with Crippen molar-refractivity contribution in [2.45, 2.75) is 0 Å². The first-order chi connectivity index (χ1) is 9.09. The number of halogens is 1. The van der Waals surface area contributed by atoms with Crippen molar-refractivity contribution in [3.8, 4) is 0 Å². The molecule has 1 amide bonds. The Morgan fingerprint density at radius 3 is 2.74 bits per heavy atom. The highest BCUT2D eigenvalue weighted by Crippen LogP contribution is 2.23. The number of para-hydroxylation sites is 1. The number of anilines is 1. The zero-order chi connectivity index (χ0) is 13.8. The molecule has 0 aliphatic heterocycles.